The normalized spacial score (nSPS) is 13.1. The van der Waals surface area contributed by atoms with Crippen molar-refractivity contribution in [2.24, 2.45) is 4.99 Å². The maximum absolute atomic E-state index is 9.30. The minimum atomic E-state index is -0.546. The fourth-order valence-electron chi connectivity index (χ4n) is 10.5. The highest BCUT2D eigenvalue weighted by Crippen LogP contribution is 2.57. The van der Waals surface area contributed by atoms with Crippen LogP contribution in [0.4, 0.5) is 0 Å². The van der Waals surface area contributed by atoms with Crippen LogP contribution in [0.25, 0.3) is 71.4 Å². The zero-order valence-electron chi connectivity index (χ0n) is 35.6. The Balaban J connectivity index is 0.995. The molecule has 0 fully saturated rings. The summed E-state index contributed by atoms with van der Waals surface area (Å²) in [6.45, 7) is 0. The van der Waals surface area contributed by atoms with Gasteiger partial charge in [0, 0.05) is 11.1 Å². The summed E-state index contributed by atoms with van der Waals surface area (Å²) in [6, 6.07) is 84.8. The third-order valence-electron chi connectivity index (χ3n) is 13.4. The predicted molar refractivity (Wildman–Crippen MR) is 274 cm³/mol. The third kappa shape index (κ3) is 6.33. The minimum absolute atomic E-state index is 0.214. The SMILES string of the molecule is N=C(N=C(/C=C/c1ccc2cc(-c3c4ccccc4cc4c3ccc3ccccc34)ccc2c1)c1cccc2c1-c1ccccc1C2(c1ccccc1)c1ccccc1)c1ccccc1. The van der Waals surface area contributed by atoms with Crippen molar-refractivity contribution in [1.82, 2.24) is 0 Å². The van der Waals surface area contributed by atoms with Gasteiger partial charge < -0.3 is 0 Å². The molecule has 2 heteroatoms. The van der Waals surface area contributed by atoms with Gasteiger partial charge in [-0.25, -0.2) is 4.99 Å². The van der Waals surface area contributed by atoms with Crippen molar-refractivity contribution in [2.45, 2.75) is 5.41 Å². The molecular formula is C63H42N2. The first-order chi connectivity index (χ1) is 32.1. The van der Waals surface area contributed by atoms with E-state index >= 15 is 0 Å². The fraction of sp³-hybridized carbons (Fsp3) is 0.0159. The second-order valence-corrected chi connectivity index (χ2v) is 17.0. The molecule has 0 saturated carbocycles. The van der Waals surface area contributed by atoms with Gasteiger partial charge in [0.15, 0.2) is 5.84 Å². The number of allylic oxidation sites excluding steroid dienone is 1. The van der Waals surface area contributed by atoms with Crippen LogP contribution in [0.3, 0.4) is 0 Å². The molecule has 0 spiro atoms. The van der Waals surface area contributed by atoms with Crippen LogP contribution in [0.2, 0.25) is 0 Å². The monoisotopic (exact) mass is 826 g/mol. The molecule has 304 valence electrons. The highest BCUT2D eigenvalue weighted by Gasteiger charge is 2.46. The number of fused-ring (bicyclic) bond motifs is 8. The van der Waals surface area contributed by atoms with Crippen LogP contribution in [0.15, 0.2) is 248 Å². The maximum Gasteiger partial charge on any atom is 0.152 e. The Hall–Kier alpha value is -8.46. The molecule has 11 aromatic rings. The van der Waals surface area contributed by atoms with Gasteiger partial charge in [0.05, 0.1) is 11.1 Å². The average Bonchev–Trinajstić information content (AvgIpc) is 3.68. The van der Waals surface area contributed by atoms with E-state index in [-0.39, 0.29) is 5.84 Å². The van der Waals surface area contributed by atoms with E-state index in [2.05, 4.69) is 218 Å². The van der Waals surface area contributed by atoms with Gasteiger partial charge in [-0.05, 0) is 117 Å². The van der Waals surface area contributed by atoms with Crippen LogP contribution in [-0.2, 0) is 5.41 Å². The van der Waals surface area contributed by atoms with Crippen LogP contribution in [0, 0.1) is 5.41 Å². The molecule has 0 heterocycles. The maximum atomic E-state index is 9.30. The van der Waals surface area contributed by atoms with Crippen molar-refractivity contribution in [3.63, 3.8) is 0 Å². The van der Waals surface area contributed by atoms with Crippen LogP contribution < -0.4 is 0 Å². The summed E-state index contributed by atoms with van der Waals surface area (Å²) in [4.78, 5) is 5.17. The first-order valence-electron chi connectivity index (χ1n) is 22.3. The first kappa shape index (κ1) is 38.2. The molecule has 0 unspecified atom stereocenters. The summed E-state index contributed by atoms with van der Waals surface area (Å²) in [6.07, 6.45) is 4.25. The molecule has 0 radical (unpaired) electrons. The minimum Gasteiger partial charge on any atom is -0.282 e. The number of amidine groups is 1. The molecule has 0 aromatic heterocycles. The number of hydrogen-bond acceptors (Lipinski definition) is 1. The molecular weight excluding hydrogens is 785 g/mol. The zero-order valence-corrected chi connectivity index (χ0v) is 35.6. The van der Waals surface area contributed by atoms with Gasteiger partial charge in [-0.2, -0.15) is 0 Å². The van der Waals surface area contributed by atoms with Crippen molar-refractivity contribution in [3.05, 3.63) is 282 Å². The van der Waals surface area contributed by atoms with E-state index in [1.54, 1.807) is 0 Å². The molecule has 1 aliphatic carbocycles. The average molecular weight is 827 g/mol. The van der Waals surface area contributed by atoms with Crippen molar-refractivity contribution in [3.8, 4) is 22.3 Å². The Labute approximate surface area is 378 Å². The van der Waals surface area contributed by atoms with Crippen molar-refractivity contribution >= 4 is 60.7 Å². The molecule has 0 aliphatic heterocycles. The predicted octanol–water partition coefficient (Wildman–Crippen LogP) is 15.9. The lowest BCUT2D eigenvalue weighted by Crippen LogP contribution is -2.28. The van der Waals surface area contributed by atoms with Crippen LogP contribution in [0.5, 0.6) is 0 Å². The molecule has 0 amide bonds. The lowest BCUT2D eigenvalue weighted by atomic mass is 9.67. The molecule has 0 bridgehead atoms. The largest absolute Gasteiger partial charge is 0.282 e. The Morgan fingerprint density at radius 2 is 1.03 bits per heavy atom. The number of hydrogen-bond donors (Lipinski definition) is 1. The summed E-state index contributed by atoms with van der Waals surface area (Å²) in [5, 5.41) is 19.2. The quantitative estimate of drug-likeness (QED) is 0.0719. The van der Waals surface area contributed by atoms with E-state index in [0.29, 0.717) is 0 Å². The van der Waals surface area contributed by atoms with Gasteiger partial charge in [0.25, 0.3) is 0 Å². The van der Waals surface area contributed by atoms with Gasteiger partial charge in [-0.15, -0.1) is 0 Å². The van der Waals surface area contributed by atoms with E-state index in [4.69, 9.17) is 4.99 Å². The lowest BCUT2D eigenvalue weighted by molar-refractivity contribution is 0.768. The number of nitrogens with one attached hydrogen (secondary N) is 1. The number of benzene rings is 11. The fourth-order valence-corrected chi connectivity index (χ4v) is 10.5. The first-order valence-corrected chi connectivity index (χ1v) is 22.3. The van der Waals surface area contributed by atoms with E-state index in [9.17, 15) is 5.41 Å². The standard InChI is InChI=1S/C63H42N2/c64-62(44-18-4-1-5-19-44)65-59(55-28-16-30-58-61(55)54-27-14-15-29-57(54)63(58,49-21-6-2-7-22-49)50-23-8-3-9-24-50)38-32-42-31-33-46-40-48(35-34-45(46)39-42)60-52-26-13-11-20-47(52)41-56-51-25-12-10-17-43(51)36-37-53(56)60/h1-41,64H/b38-32+,64-62?,65-59?. The Morgan fingerprint density at radius 1 is 0.415 bits per heavy atom. The van der Waals surface area contributed by atoms with E-state index in [1.165, 1.54) is 76.6 Å². The second-order valence-electron chi connectivity index (χ2n) is 17.0. The number of aliphatic imine (C=N–C) groups is 1. The van der Waals surface area contributed by atoms with Gasteiger partial charge in [0.1, 0.15) is 0 Å². The molecule has 1 aliphatic rings. The highest BCUT2D eigenvalue weighted by atomic mass is 14.8. The van der Waals surface area contributed by atoms with Crippen molar-refractivity contribution < 1.29 is 0 Å². The van der Waals surface area contributed by atoms with E-state index < -0.39 is 5.41 Å². The van der Waals surface area contributed by atoms with E-state index in [1.807, 2.05) is 30.3 Å². The van der Waals surface area contributed by atoms with Crippen molar-refractivity contribution in [2.75, 3.05) is 0 Å². The zero-order chi connectivity index (χ0) is 43.3. The van der Waals surface area contributed by atoms with E-state index in [0.717, 1.165) is 33.4 Å². The molecule has 1 N–H and O–H groups in total. The van der Waals surface area contributed by atoms with Gasteiger partial charge in [-0.3, -0.25) is 5.41 Å². The highest BCUT2D eigenvalue weighted by molar-refractivity contribution is 6.22. The molecule has 0 saturated heterocycles. The number of rotatable bonds is 7. The van der Waals surface area contributed by atoms with Gasteiger partial charge in [0.2, 0.25) is 0 Å². The van der Waals surface area contributed by atoms with Crippen LogP contribution in [-0.4, -0.2) is 11.5 Å². The lowest BCUT2D eigenvalue weighted by Gasteiger charge is -2.33. The summed E-state index contributed by atoms with van der Waals surface area (Å²) < 4.78 is 0. The summed E-state index contributed by atoms with van der Waals surface area (Å²) in [5.41, 5.74) is 12.6. The smallest absolute Gasteiger partial charge is 0.152 e. The molecule has 65 heavy (non-hydrogen) atoms. The van der Waals surface area contributed by atoms with Crippen molar-refractivity contribution in [1.29, 1.82) is 5.41 Å². The Morgan fingerprint density at radius 3 is 1.82 bits per heavy atom. The number of nitrogens with zero attached hydrogens (tertiary/aromatic N) is 1. The summed E-state index contributed by atoms with van der Waals surface area (Å²) in [7, 11) is 0. The van der Waals surface area contributed by atoms with Gasteiger partial charge >= 0.3 is 0 Å². The molecule has 11 aromatic carbocycles. The summed E-state index contributed by atoms with van der Waals surface area (Å²) in [5.74, 6) is 0.214. The molecule has 12 rings (SSSR count). The topological polar surface area (TPSA) is 36.2 Å². The summed E-state index contributed by atoms with van der Waals surface area (Å²) >= 11 is 0. The third-order valence-corrected chi connectivity index (χ3v) is 13.4. The molecule has 2 nitrogen and oxygen atoms in total. The van der Waals surface area contributed by atoms with Gasteiger partial charge in [-0.1, -0.05) is 224 Å². The Bertz CT molecular complexity index is 3670. The second kappa shape index (κ2) is 15.7. The Kier molecular flexibility index (Phi) is 9.24. The van der Waals surface area contributed by atoms with Crippen LogP contribution in [0.1, 0.15) is 38.9 Å². The molecule has 0 atom stereocenters. The van der Waals surface area contributed by atoms with Crippen LogP contribution >= 0.6 is 0 Å².